The number of hydrogen-bond acceptors (Lipinski definition) is 4. The van der Waals surface area contributed by atoms with Crippen molar-refractivity contribution in [2.75, 3.05) is 6.61 Å². The Bertz CT molecular complexity index is 721. The van der Waals surface area contributed by atoms with Crippen LogP contribution >= 0.6 is 0 Å². The summed E-state index contributed by atoms with van der Waals surface area (Å²) in [5, 5.41) is 19.1. The summed E-state index contributed by atoms with van der Waals surface area (Å²) in [6, 6.07) is 0. The molecule has 0 aromatic rings. The molecule has 7 atom stereocenters. The summed E-state index contributed by atoms with van der Waals surface area (Å²) >= 11 is 0. The molecule has 158 valence electrons. The Kier molecular flexibility index (Phi) is 7.59. The minimum Gasteiger partial charge on any atom is -0.481 e. The van der Waals surface area contributed by atoms with Crippen LogP contribution in [-0.4, -0.2) is 34.7 Å². The third-order valence-electron chi connectivity index (χ3n) is 6.22. The molecule has 6 nitrogen and oxygen atoms in total. The Labute approximate surface area is 171 Å². The molecule has 2 rings (SSSR count). The van der Waals surface area contributed by atoms with Gasteiger partial charge in [0.15, 0.2) is 0 Å². The van der Waals surface area contributed by atoms with E-state index < -0.39 is 29.7 Å². The number of aliphatic carboxylic acids is 2. The van der Waals surface area contributed by atoms with Crippen LogP contribution < -0.4 is 0 Å². The van der Waals surface area contributed by atoms with Gasteiger partial charge in [-0.3, -0.25) is 9.59 Å². The highest BCUT2D eigenvalue weighted by Gasteiger charge is 2.49. The molecular weight excluding hydrogens is 372 g/mol. The summed E-state index contributed by atoms with van der Waals surface area (Å²) in [6.07, 6.45) is 9.40. The predicted molar refractivity (Wildman–Crippen MR) is 109 cm³/mol. The van der Waals surface area contributed by atoms with Gasteiger partial charge in [-0.05, 0) is 55.8 Å². The molecule has 2 aliphatic carbocycles. The Hall–Kier alpha value is -2.63. The Morgan fingerprint density at radius 2 is 1.52 bits per heavy atom. The lowest BCUT2D eigenvalue weighted by Gasteiger charge is -2.17. The summed E-state index contributed by atoms with van der Waals surface area (Å²) in [5.74, 6) is -4.66. The molecule has 0 aliphatic heterocycles. The van der Waals surface area contributed by atoms with Crippen LogP contribution in [0.25, 0.3) is 0 Å². The topological polar surface area (TPSA) is 101 Å². The van der Waals surface area contributed by atoms with Crippen LogP contribution in [0.15, 0.2) is 49.6 Å². The number of carbonyl (C=O) groups is 3. The van der Waals surface area contributed by atoms with E-state index in [0.29, 0.717) is 18.6 Å². The predicted octanol–water partition coefficient (Wildman–Crippen LogP) is 3.71. The van der Waals surface area contributed by atoms with Crippen LogP contribution in [0.1, 0.15) is 26.2 Å². The number of esters is 1. The van der Waals surface area contributed by atoms with Gasteiger partial charge < -0.3 is 14.9 Å². The van der Waals surface area contributed by atoms with Crippen LogP contribution in [-0.2, 0) is 19.1 Å². The van der Waals surface area contributed by atoms with Gasteiger partial charge in [-0.1, -0.05) is 30.9 Å². The van der Waals surface area contributed by atoms with Crippen molar-refractivity contribution in [1.82, 2.24) is 0 Å². The average Bonchev–Trinajstić information content (AvgIpc) is 3.24. The second kappa shape index (κ2) is 9.72. The Morgan fingerprint density at radius 3 is 2.03 bits per heavy atom. The molecule has 29 heavy (non-hydrogen) atoms. The molecule has 6 heteroatoms. The fourth-order valence-corrected chi connectivity index (χ4v) is 4.70. The smallest absolute Gasteiger partial charge is 0.333 e. The summed E-state index contributed by atoms with van der Waals surface area (Å²) in [6.45, 7) is 13.0. The molecule has 0 bridgehead atoms. The van der Waals surface area contributed by atoms with E-state index >= 15 is 0 Å². The molecule has 2 saturated carbocycles. The van der Waals surface area contributed by atoms with Gasteiger partial charge in [-0.15, -0.1) is 13.2 Å². The molecule has 0 aromatic carbocycles. The standard InChI is InChI=1S/C23H30O6/c1-5-15-9-14(10-18(15)12-29-23(28)13(3)4)7-8-17-11-16(6-2)19(21(24)25)20(17)22(26)27/h5-8,14-20H,1-3,9-12H2,4H3,(H,24,25)(H,26,27)/b8-7-. The number of carboxylic acid groups (broad SMARTS) is 2. The van der Waals surface area contributed by atoms with Crippen LogP contribution in [0, 0.1) is 41.4 Å². The zero-order valence-corrected chi connectivity index (χ0v) is 16.8. The summed E-state index contributed by atoms with van der Waals surface area (Å²) < 4.78 is 5.30. The van der Waals surface area contributed by atoms with Crippen molar-refractivity contribution in [3.63, 3.8) is 0 Å². The first-order chi connectivity index (χ1) is 13.7. The fraction of sp³-hybridized carbons (Fsp3) is 0.522. The van der Waals surface area contributed by atoms with Crippen molar-refractivity contribution >= 4 is 17.9 Å². The summed E-state index contributed by atoms with van der Waals surface area (Å²) in [7, 11) is 0. The summed E-state index contributed by atoms with van der Waals surface area (Å²) in [5.41, 5.74) is 0.361. The molecule has 0 saturated heterocycles. The van der Waals surface area contributed by atoms with Gasteiger partial charge in [0.2, 0.25) is 0 Å². The maximum absolute atomic E-state index is 11.7. The van der Waals surface area contributed by atoms with Crippen molar-refractivity contribution in [3.8, 4) is 0 Å². The zero-order valence-electron chi connectivity index (χ0n) is 16.8. The molecule has 0 radical (unpaired) electrons. The van der Waals surface area contributed by atoms with E-state index in [4.69, 9.17) is 4.74 Å². The first kappa shape index (κ1) is 22.7. The first-order valence-electron chi connectivity index (χ1n) is 9.91. The lowest BCUT2D eigenvalue weighted by molar-refractivity contribution is -0.153. The van der Waals surface area contributed by atoms with Gasteiger partial charge in [-0.25, -0.2) is 4.79 Å². The Balaban J connectivity index is 2.06. The second-order valence-electron chi connectivity index (χ2n) is 8.18. The molecular formula is C23H30O6. The van der Waals surface area contributed by atoms with Gasteiger partial charge in [-0.2, -0.15) is 0 Å². The van der Waals surface area contributed by atoms with E-state index in [-0.39, 0.29) is 29.6 Å². The maximum atomic E-state index is 11.7. The van der Waals surface area contributed by atoms with E-state index in [1.807, 2.05) is 18.2 Å². The highest BCUT2D eigenvalue weighted by molar-refractivity contribution is 5.86. The van der Waals surface area contributed by atoms with Crippen LogP contribution in [0.5, 0.6) is 0 Å². The molecule has 0 amide bonds. The van der Waals surface area contributed by atoms with E-state index in [0.717, 1.165) is 12.8 Å². The minimum atomic E-state index is -1.09. The zero-order chi connectivity index (χ0) is 21.7. The van der Waals surface area contributed by atoms with Crippen molar-refractivity contribution in [3.05, 3.63) is 49.6 Å². The number of hydrogen-bond donors (Lipinski definition) is 2. The van der Waals surface area contributed by atoms with E-state index in [1.165, 1.54) is 0 Å². The lowest BCUT2D eigenvalue weighted by atomic mass is 9.86. The summed E-state index contributed by atoms with van der Waals surface area (Å²) in [4.78, 5) is 35.0. The normalized spacial score (nSPS) is 34.0. The molecule has 0 heterocycles. The first-order valence-corrected chi connectivity index (χ1v) is 9.91. The number of carbonyl (C=O) groups excluding carboxylic acids is 1. The highest BCUT2D eigenvalue weighted by atomic mass is 16.5. The van der Waals surface area contributed by atoms with Gasteiger partial charge >= 0.3 is 17.9 Å². The van der Waals surface area contributed by atoms with E-state index in [2.05, 4.69) is 19.7 Å². The monoisotopic (exact) mass is 402 g/mol. The van der Waals surface area contributed by atoms with Gasteiger partial charge in [0, 0.05) is 5.57 Å². The highest BCUT2D eigenvalue weighted by Crippen LogP contribution is 2.44. The minimum absolute atomic E-state index is 0.150. The van der Waals surface area contributed by atoms with Crippen molar-refractivity contribution < 1.29 is 29.3 Å². The quantitative estimate of drug-likeness (QED) is 0.346. The maximum Gasteiger partial charge on any atom is 0.333 e. The van der Waals surface area contributed by atoms with Crippen LogP contribution in [0.2, 0.25) is 0 Å². The number of ether oxygens (including phenoxy) is 1. The third kappa shape index (κ3) is 5.25. The van der Waals surface area contributed by atoms with Crippen molar-refractivity contribution in [2.24, 2.45) is 41.4 Å². The van der Waals surface area contributed by atoms with Crippen LogP contribution in [0.4, 0.5) is 0 Å². The molecule has 7 unspecified atom stereocenters. The molecule has 2 fully saturated rings. The molecule has 0 spiro atoms. The Morgan fingerprint density at radius 1 is 0.931 bits per heavy atom. The molecule has 2 N–H and O–H groups in total. The number of allylic oxidation sites excluding steroid dienone is 4. The average molecular weight is 402 g/mol. The van der Waals surface area contributed by atoms with E-state index in [1.54, 1.807) is 13.0 Å². The fourth-order valence-electron chi connectivity index (χ4n) is 4.70. The molecule has 2 aliphatic rings. The van der Waals surface area contributed by atoms with Gasteiger partial charge in [0.1, 0.15) is 0 Å². The van der Waals surface area contributed by atoms with Crippen molar-refractivity contribution in [1.29, 1.82) is 0 Å². The largest absolute Gasteiger partial charge is 0.481 e. The lowest BCUT2D eigenvalue weighted by Crippen LogP contribution is -2.31. The number of rotatable bonds is 9. The van der Waals surface area contributed by atoms with Gasteiger partial charge in [0.05, 0.1) is 18.4 Å². The van der Waals surface area contributed by atoms with Crippen molar-refractivity contribution in [2.45, 2.75) is 26.2 Å². The molecule has 0 aromatic heterocycles. The second-order valence-corrected chi connectivity index (χ2v) is 8.18. The van der Waals surface area contributed by atoms with Crippen LogP contribution in [0.3, 0.4) is 0 Å². The number of carboxylic acids is 2. The van der Waals surface area contributed by atoms with Gasteiger partial charge in [0.25, 0.3) is 0 Å². The SMILES string of the molecule is C=CC1CC(/C=C\C2CC(C=C)C(C(=O)O)C2C(=O)O)CC1COC(=O)C(=C)C. The third-order valence-corrected chi connectivity index (χ3v) is 6.22. The van der Waals surface area contributed by atoms with E-state index in [9.17, 15) is 24.6 Å².